The minimum Gasteiger partial charge on any atom is -0.505 e. The topological polar surface area (TPSA) is 75.1 Å². The zero-order valence-electron chi connectivity index (χ0n) is 8.45. The monoisotopic (exact) mass is 323 g/mol. The van der Waals surface area contributed by atoms with E-state index < -0.39 is 5.91 Å². The van der Waals surface area contributed by atoms with Gasteiger partial charge in [-0.05, 0) is 23.7 Å². The van der Waals surface area contributed by atoms with Crippen molar-refractivity contribution in [2.75, 3.05) is 5.32 Å². The van der Waals surface area contributed by atoms with E-state index in [2.05, 4.69) is 15.5 Å². The SMILES string of the molecule is O=C(Nc1cc(Cl)c(O)c(Cl)c1)c1nnc(Cl)s1. The summed E-state index contributed by atoms with van der Waals surface area (Å²) in [6, 6.07) is 2.73. The fourth-order valence-electron chi connectivity index (χ4n) is 1.12. The molecule has 0 radical (unpaired) electrons. The second-order valence-corrected chi connectivity index (χ2v) is 5.48. The maximum Gasteiger partial charge on any atom is 0.286 e. The van der Waals surface area contributed by atoms with Crippen molar-refractivity contribution < 1.29 is 9.90 Å². The molecule has 0 fully saturated rings. The summed E-state index contributed by atoms with van der Waals surface area (Å²) in [7, 11) is 0. The Morgan fingerprint density at radius 1 is 1.22 bits per heavy atom. The minimum absolute atomic E-state index is 0.0353. The van der Waals surface area contributed by atoms with Crippen molar-refractivity contribution in [3.63, 3.8) is 0 Å². The van der Waals surface area contributed by atoms with Crippen molar-refractivity contribution in [2.45, 2.75) is 0 Å². The molecule has 1 heterocycles. The molecule has 2 aromatic rings. The van der Waals surface area contributed by atoms with E-state index in [0.29, 0.717) is 5.69 Å². The lowest BCUT2D eigenvalue weighted by Gasteiger charge is -2.06. The highest BCUT2D eigenvalue weighted by molar-refractivity contribution is 7.17. The van der Waals surface area contributed by atoms with Gasteiger partial charge in [-0.2, -0.15) is 0 Å². The average molecular weight is 325 g/mol. The molecule has 94 valence electrons. The molecule has 0 spiro atoms. The largest absolute Gasteiger partial charge is 0.505 e. The number of benzene rings is 1. The number of nitrogens with zero attached hydrogens (tertiary/aromatic N) is 2. The second-order valence-electron chi connectivity index (χ2n) is 3.10. The predicted octanol–water partition coefficient (Wildman–Crippen LogP) is 3.46. The Hall–Kier alpha value is -1.08. The van der Waals surface area contributed by atoms with Crippen LogP contribution in [0.3, 0.4) is 0 Å². The van der Waals surface area contributed by atoms with Crippen molar-refractivity contribution >= 4 is 57.7 Å². The van der Waals surface area contributed by atoms with Gasteiger partial charge < -0.3 is 10.4 Å². The standard InChI is InChI=1S/C9H4Cl3N3O2S/c10-4-1-3(2-5(11)6(4)16)13-7(17)8-14-15-9(12)18-8/h1-2,16H,(H,13,17). The van der Waals surface area contributed by atoms with Gasteiger partial charge in [-0.15, -0.1) is 10.2 Å². The number of carbonyl (C=O) groups excluding carboxylic acids is 1. The summed E-state index contributed by atoms with van der Waals surface area (Å²) in [6.07, 6.45) is 0. The van der Waals surface area contributed by atoms with Crippen LogP contribution in [0.15, 0.2) is 12.1 Å². The van der Waals surface area contributed by atoms with Crippen LogP contribution in [0, 0.1) is 0 Å². The lowest BCUT2D eigenvalue weighted by atomic mass is 10.3. The van der Waals surface area contributed by atoms with Crippen molar-refractivity contribution in [1.82, 2.24) is 10.2 Å². The van der Waals surface area contributed by atoms with Gasteiger partial charge in [0.2, 0.25) is 9.47 Å². The maximum atomic E-state index is 11.7. The zero-order chi connectivity index (χ0) is 13.3. The average Bonchev–Trinajstić information content (AvgIpc) is 2.72. The van der Waals surface area contributed by atoms with Crippen molar-refractivity contribution in [2.24, 2.45) is 0 Å². The number of carbonyl (C=O) groups is 1. The number of hydrogen-bond donors (Lipinski definition) is 2. The van der Waals surface area contributed by atoms with E-state index in [4.69, 9.17) is 34.8 Å². The molecule has 0 saturated carbocycles. The third kappa shape index (κ3) is 2.84. The molecule has 9 heteroatoms. The summed E-state index contributed by atoms with van der Waals surface area (Å²) in [5.41, 5.74) is 0.333. The van der Waals surface area contributed by atoms with Crippen molar-refractivity contribution in [3.05, 3.63) is 31.7 Å². The van der Waals surface area contributed by atoms with Gasteiger partial charge in [0.25, 0.3) is 5.91 Å². The van der Waals surface area contributed by atoms with Crippen LogP contribution in [0.4, 0.5) is 5.69 Å². The number of phenolic OH excluding ortho intramolecular Hbond substituents is 1. The molecule has 0 aliphatic heterocycles. The minimum atomic E-state index is -0.489. The first-order chi connectivity index (χ1) is 8.47. The number of hydrogen-bond acceptors (Lipinski definition) is 5. The highest BCUT2D eigenvalue weighted by Crippen LogP contribution is 2.34. The molecule has 0 unspecified atom stereocenters. The zero-order valence-corrected chi connectivity index (χ0v) is 11.5. The molecule has 2 N–H and O–H groups in total. The van der Waals surface area contributed by atoms with Gasteiger partial charge in [-0.25, -0.2) is 0 Å². The fourth-order valence-corrected chi connectivity index (χ4v) is 2.33. The normalized spacial score (nSPS) is 10.4. The first-order valence-corrected chi connectivity index (χ1v) is 6.41. The van der Waals surface area contributed by atoms with Gasteiger partial charge in [0.15, 0.2) is 5.75 Å². The van der Waals surface area contributed by atoms with Crippen LogP contribution in [-0.4, -0.2) is 21.2 Å². The number of rotatable bonds is 2. The highest BCUT2D eigenvalue weighted by Gasteiger charge is 2.14. The molecule has 0 bridgehead atoms. The van der Waals surface area contributed by atoms with E-state index in [-0.39, 0.29) is 25.3 Å². The van der Waals surface area contributed by atoms with Crippen LogP contribution >= 0.6 is 46.1 Å². The lowest BCUT2D eigenvalue weighted by molar-refractivity contribution is 0.102. The molecular weight excluding hydrogens is 321 g/mol. The molecule has 1 amide bonds. The molecule has 0 saturated heterocycles. The Bertz CT molecular complexity index is 594. The van der Waals surface area contributed by atoms with E-state index in [1.54, 1.807) is 0 Å². The van der Waals surface area contributed by atoms with Gasteiger partial charge in [0.1, 0.15) is 0 Å². The van der Waals surface area contributed by atoms with Crippen LogP contribution in [0.5, 0.6) is 5.75 Å². The number of phenols is 1. The summed E-state index contributed by atoms with van der Waals surface area (Å²) in [5.74, 6) is -0.729. The quantitative estimate of drug-likeness (QED) is 0.830. The first-order valence-electron chi connectivity index (χ1n) is 4.45. The summed E-state index contributed by atoms with van der Waals surface area (Å²) >= 11 is 18.0. The Morgan fingerprint density at radius 3 is 2.33 bits per heavy atom. The van der Waals surface area contributed by atoms with Crippen LogP contribution in [0.1, 0.15) is 9.80 Å². The van der Waals surface area contributed by atoms with E-state index in [1.165, 1.54) is 12.1 Å². The van der Waals surface area contributed by atoms with Crippen LogP contribution in [0.25, 0.3) is 0 Å². The number of halogens is 3. The number of aromatic nitrogens is 2. The van der Waals surface area contributed by atoms with E-state index in [9.17, 15) is 9.90 Å². The Morgan fingerprint density at radius 2 is 1.83 bits per heavy atom. The third-order valence-electron chi connectivity index (χ3n) is 1.87. The van der Waals surface area contributed by atoms with Crippen molar-refractivity contribution in [3.8, 4) is 5.75 Å². The molecule has 0 aliphatic carbocycles. The van der Waals surface area contributed by atoms with E-state index in [0.717, 1.165) is 11.3 Å². The van der Waals surface area contributed by atoms with Crippen LogP contribution in [0.2, 0.25) is 14.5 Å². The highest BCUT2D eigenvalue weighted by atomic mass is 35.5. The van der Waals surface area contributed by atoms with Crippen molar-refractivity contribution in [1.29, 1.82) is 0 Å². The molecular formula is C9H4Cl3N3O2S. The molecule has 0 aliphatic rings. The van der Waals surface area contributed by atoms with E-state index in [1.807, 2.05) is 0 Å². The van der Waals surface area contributed by atoms with Crippen LogP contribution in [-0.2, 0) is 0 Å². The van der Waals surface area contributed by atoms with Gasteiger partial charge in [0, 0.05) is 5.69 Å². The molecule has 1 aromatic heterocycles. The molecule has 18 heavy (non-hydrogen) atoms. The molecule has 5 nitrogen and oxygen atoms in total. The molecule has 0 atom stereocenters. The summed E-state index contributed by atoms with van der Waals surface area (Å²) < 4.78 is 0.168. The lowest BCUT2D eigenvalue weighted by Crippen LogP contribution is -2.11. The second kappa shape index (κ2) is 5.27. The first kappa shape index (κ1) is 13.4. The number of aromatic hydroxyl groups is 1. The van der Waals surface area contributed by atoms with Gasteiger partial charge in [0.05, 0.1) is 10.0 Å². The Kier molecular flexibility index (Phi) is 3.91. The molecule has 1 aromatic carbocycles. The van der Waals surface area contributed by atoms with Gasteiger partial charge >= 0.3 is 0 Å². The third-order valence-corrected chi connectivity index (χ3v) is 3.46. The van der Waals surface area contributed by atoms with Crippen LogP contribution < -0.4 is 5.32 Å². The predicted molar refractivity (Wildman–Crippen MR) is 71.0 cm³/mol. The molecule has 2 rings (SSSR count). The Balaban J connectivity index is 2.22. The van der Waals surface area contributed by atoms with Gasteiger partial charge in [-0.1, -0.05) is 34.5 Å². The fraction of sp³-hybridized carbons (Fsp3) is 0. The number of nitrogens with one attached hydrogen (secondary N) is 1. The number of anilines is 1. The van der Waals surface area contributed by atoms with Gasteiger partial charge in [-0.3, -0.25) is 4.79 Å². The number of amides is 1. The maximum absolute atomic E-state index is 11.7. The smallest absolute Gasteiger partial charge is 0.286 e. The summed E-state index contributed by atoms with van der Waals surface area (Å²) in [5, 5.41) is 19.2. The Labute approximate surface area is 120 Å². The van der Waals surface area contributed by atoms with E-state index >= 15 is 0 Å². The summed E-state index contributed by atoms with van der Waals surface area (Å²) in [4.78, 5) is 11.7. The summed E-state index contributed by atoms with van der Waals surface area (Å²) in [6.45, 7) is 0.